The molecule has 0 aromatic carbocycles. The molecule has 0 heterocycles. The van der Waals surface area contributed by atoms with Crippen LogP contribution in [-0.2, 0) is 0 Å². The van der Waals surface area contributed by atoms with E-state index in [-0.39, 0.29) is 24.1 Å². The summed E-state index contributed by atoms with van der Waals surface area (Å²) >= 11 is 0. The lowest BCUT2D eigenvalue weighted by Crippen LogP contribution is -2.58. The Morgan fingerprint density at radius 2 is 0.808 bits per heavy atom. The maximum Gasteiger partial charge on any atom is 0.315 e. The fourth-order valence-electron chi connectivity index (χ4n) is 4.76. The number of carbonyl (C=O) groups is 2. The van der Waals surface area contributed by atoms with E-state index in [0.29, 0.717) is 12.1 Å². The first-order valence-corrected chi connectivity index (χ1v) is 10.8. The van der Waals surface area contributed by atoms with Crippen molar-refractivity contribution in [2.75, 3.05) is 0 Å². The zero-order valence-electron chi connectivity index (χ0n) is 16.0. The molecule has 148 valence electrons. The van der Waals surface area contributed by atoms with Crippen LogP contribution in [0.1, 0.15) is 89.9 Å². The maximum atomic E-state index is 12.4. The second-order valence-corrected chi connectivity index (χ2v) is 8.40. The third-order valence-corrected chi connectivity index (χ3v) is 6.28. The summed E-state index contributed by atoms with van der Waals surface area (Å²) < 4.78 is 0. The summed E-state index contributed by atoms with van der Waals surface area (Å²) in [6.07, 6.45) is 15.8. The number of rotatable bonds is 4. The third-order valence-electron chi connectivity index (χ3n) is 6.28. The van der Waals surface area contributed by atoms with Crippen molar-refractivity contribution in [2.24, 2.45) is 0 Å². The van der Waals surface area contributed by atoms with Crippen LogP contribution in [0.3, 0.4) is 0 Å². The Balaban J connectivity index is 1.44. The average Bonchev–Trinajstić information content (AvgIpc) is 2.65. The lowest BCUT2D eigenvalue weighted by Gasteiger charge is -2.34. The second kappa shape index (κ2) is 10.0. The first-order chi connectivity index (χ1) is 12.7. The van der Waals surface area contributed by atoms with Gasteiger partial charge in [0.1, 0.15) is 0 Å². The van der Waals surface area contributed by atoms with Gasteiger partial charge in [-0.2, -0.15) is 0 Å². The molecule has 2 atom stereocenters. The summed E-state index contributed by atoms with van der Waals surface area (Å²) in [6.45, 7) is 0. The molecule has 3 fully saturated rings. The van der Waals surface area contributed by atoms with Gasteiger partial charge in [0.15, 0.2) is 0 Å². The number of hydrogen-bond acceptors (Lipinski definition) is 2. The quantitative estimate of drug-likeness (QED) is 0.615. The molecule has 0 aromatic heterocycles. The number of hydrogen-bond donors (Lipinski definition) is 4. The summed E-state index contributed by atoms with van der Waals surface area (Å²) in [5.74, 6) is 0. The van der Waals surface area contributed by atoms with E-state index in [2.05, 4.69) is 21.3 Å². The molecule has 4 N–H and O–H groups in total. The molecule has 3 aliphatic rings. The van der Waals surface area contributed by atoms with Gasteiger partial charge in [-0.25, -0.2) is 9.59 Å². The molecule has 6 heteroatoms. The molecular formula is C20H36N4O2. The summed E-state index contributed by atoms with van der Waals surface area (Å²) in [7, 11) is 0. The van der Waals surface area contributed by atoms with E-state index in [9.17, 15) is 9.59 Å². The zero-order chi connectivity index (χ0) is 18.2. The fraction of sp³-hybridized carbons (Fsp3) is 0.900. The molecule has 3 rings (SSSR count). The van der Waals surface area contributed by atoms with Gasteiger partial charge in [-0.15, -0.1) is 0 Å². The van der Waals surface area contributed by atoms with Crippen LogP contribution < -0.4 is 21.3 Å². The Kier molecular flexibility index (Phi) is 7.44. The van der Waals surface area contributed by atoms with Crippen LogP contribution in [0.2, 0.25) is 0 Å². The molecule has 0 spiro atoms. The monoisotopic (exact) mass is 364 g/mol. The van der Waals surface area contributed by atoms with Crippen LogP contribution in [0.4, 0.5) is 9.59 Å². The predicted octanol–water partition coefficient (Wildman–Crippen LogP) is 3.56. The van der Waals surface area contributed by atoms with E-state index in [1.54, 1.807) is 0 Å². The van der Waals surface area contributed by atoms with Crippen LogP contribution in [-0.4, -0.2) is 36.2 Å². The molecule has 6 nitrogen and oxygen atoms in total. The molecular weight excluding hydrogens is 328 g/mol. The van der Waals surface area contributed by atoms with Gasteiger partial charge >= 0.3 is 12.1 Å². The number of carbonyl (C=O) groups excluding carboxylic acids is 2. The highest BCUT2D eigenvalue weighted by Crippen LogP contribution is 2.21. The zero-order valence-corrected chi connectivity index (χ0v) is 16.0. The molecule has 3 saturated carbocycles. The lowest BCUT2D eigenvalue weighted by molar-refractivity contribution is 0.206. The Labute approximate surface area is 157 Å². The van der Waals surface area contributed by atoms with E-state index >= 15 is 0 Å². The van der Waals surface area contributed by atoms with Crippen molar-refractivity contribution in [1.82, 2.24) is 21.3 Å². The van der Waals surface area contributed by atoms with Crippen LogP contribution in [0.25, 0.3) is 0 Å². The minimum Gasteiger partial charge on any atom is -0.335 e. The SMILES string of the molecule is O=C(NC1CCCCC1)N[C@H]1CCCC[C@@H]1NC(=O)NC1CCCCC1. The first kappa shape index (κ1) is 19.3. The first-order valence-electron chi connectivity index (χ1n) is 10.8. The van der Waals surface area contributed by atoms with Crippen molar-refractivity contribution in [1.29, 1.82) is 0 Å². The van der Waals surface area contributed by atoms with Crippen molar-refractivity contribution in [3.63, 3.8) is 0 Å². The molecule has 0 bridgehead atoms. The molecule has 0 aliphatic heterocycles. The molecule has 3 aliphatic carbocycles. The minimum atomic E-state index is -0.0664. The van der Waals surface area contributed by atoms with Gasteiger partial charge in [-0.05, 0) is 38.5 Å². The van der Waals surface area contributed by atoms with Crippen molar-refractivity contribution in [3.05, 3.63) is 0 Å². The van der Waals surface area contributed by atoms with Gasteiger partial charge < -0.3 is 21.3 Å². The topological polar surface area (TPSA) is 82.3 Å². The standard InChI is InChI=1S/C20H36N4O2/c25-19(21-15-9-3-1-4-10-15)23-17-13-7-8-14-18(17)24-20(26)22-16-11-5-2-6-12-16/h15-18H,1-14H2,(H2,21,23,25)(H2,22,24,26)/t17-,18-/m0/s1. The Hall–Kier alpha value is -1.46. The molecule has 4 amide bonds. The Morgan fingerprint density at radius 3 is 1.19 bits per heavy atom. The van der Waals surface area contributed by atoms with Crippen molar-refractivity contribution >= 4 is 12.1 Å². The normalized spacial score (nSPS) is 28.2. The van der Waals surface area contributed by atoms with Gasteiger partial charge in [-0.1, -0.05) is 51.4 Å². The minimum absolute atomic E-state index is 0.0319. The van der Waals surface area contributed by atoms with E-state index < -0.39 is 0 Å². The Morgan fingerprint density at radius 1 is 0.462 bits per heavy atom. The summed E-state index contributed by atoms with van der Waals surface area (Å²) in [6, 6.07) is 0.558. The van der Waals surface area contributed by atoms with Crippen molar-refractivity contribution in [2.45, 2.75) is 114 Å². The molecule has 0 radical (unpaired) electrons. The highest BCUT2D eigenvalue weighted by molar-refractivity contribution is 5.76. The van der Waals surface area contributed by atoms with Gasteiger partial charge in [0.05, 0.1) is 12.1 Å². The van der Waals surface area contributed by atoms with E-state index in [4.69, 9.17) is 0 Å². The van der Waals surface area contributed by atoms with Crippen LogP contribution in [0, 0.1) is 0 Å². The third kappa shape index (κ3) is 6.06. The Bertz CT molecular complexity index is 417. The molecule has 0 unspecified atom stereocenters. The van der Waals surface area contributed by atoms with Gasteiger partial charge in [0.2, 0.25) is 0 Å². The summed E-state index contributed by atoms with van der Waals surface area (Å²) in [4.78, 5) is 24.8. The lowest BCUT2D eigenvalue weighted by atomic mass is 9.90. The van der Waals surface area contributed by atoms with E-state index in [1.165, 1.54) is 38.5 Å². The highest BCUT2D eigenvalue weighted by atomic mass is 16.2. The molecule has 0 aromatic rings. The van der Waals surface area contributed by atoms with Gasteiger partial charge in [-0.3, -0.25) is 0 Å². The fourth-order valence-corrected chi connectivity index (χ4v) is 4.76. The van der Waals surface area contributed by atoms with E-state index in [0.717, 1.165) is 51.4 Å². The largest absolute Gasteiger partial charge is 0.335 e. The van der Waals surface area contributed by atoms with Crippen LogP contribution in [0.5, 0.6) is 0 Å². The van der Waals surface area contributed by atoms with Crippen LogP contribution >= 0.6 is 0 Å². The van der Waals surface area contributed by atoms with E-state index in [1.807, 2.05) is 0 Å². The number of nitrogens with one attached hydrogen (secondary N) is 4. The highest BCUT2D eigenvalue weighted by Gasteiger charge is 2.29. The average molecular weight is 365 g/mol. The van der Waals surface area contributed by atoms with Crippen LogP contribution in [0.15, 0.2) is 0 Å². The molecule has 0 saturated heterocycles. The van der Waals surface area contributed by atoms with Crippen molar-refractivity contribution in [3.8, 4) is 0 Å². The summed E-state index contributed by atoms with van der Waals surface area (Å²) in [5, 5.41) is 12.5. The number of urea groups is 2. The summed E-state index contributed by atoms with van der Waals surface area (Å²) in [5.41, 5.74) is 0. The maximum absolute atomic E-state index is 12.4. The van der Waals surface area contributed by atoms with Crippen molar-refractivity contribution < 1.29 is 9.59 Å². The number of amides is 4. The van der Waals surface area contributed by atoms with Gasteiger partial charge in [0, 0.05) is 12.1 Å². The molecule has 26 heavy (non-hydrogen) atoms. The smallest absolute Gasteiger partial charge is 0.315 e. The predicted molar refractivity (Wildman–Crippen MR) is 103 cm³/mol. The second-order valence-electron chi connectivity index (χ2n) is 8.40. The van der Waals surface area contributed by atoms with Gasteiger partial charge in [0.25, 0.3) is 0 Å².